The fourth-order valence-electron chi connectivity index (χ4n) is 4.01. The van der Waals surface area contributed by atoms with Gasteiger partial charge in [0.25, 0.3) is 0 Å². The lowest BCUT2D eigenvalue weighted by atomic mass is 9.97. The summed E-state index contributed by atoms with van der Waals surface area (Å²) in [4.78, 5) is 30.0. The van der Waals surface area contributed by atoms with Crippen molar-refractivity contribution < 1.29 is 14.3 Å². The Morgan fingerprint density at radius 2 is 2.07 bits per heavy atom. The lowest BCUT2D eigenvalue weighted by molar-refractivity contribution is -0.149. The smallest absolute Gasteiger partial charge is 0.317 e. The van der Waals surface area contributed by atoms with E-state index in [0.29, 0.717) is 38.5 Å². The van der Waals surface area contributed by atoms with Crippen LogP contribution in [-0.2, 0) is 16.1 Å². The molecule has 0 aliphatic carbocycles. The Hall–Kier alpha value is -1.60. The molecule has 6 nitrogen and oxygen atoms in total. The van der Waals surface area contributed by atoms with Crippen LogP contribution in [0, 0.1) is 11.8 Å². The van der Waals surface area contributed by atoms with Crippen molar-refractivity contribution in [2.75, 3.05) is 39.3 Å². The number of nitrogens with zero attached hydrogens (tertiary/aromatic N) is 2. The Morgan fingerprint density at radius 1 is 1.26 bits per heavy atom. The fraction of sp³-hybridized carbons (Fsp3) is 0.700. The molecule has 2 aliphatic rings. The molecule has 2 saturated heterocycles. The normalized spacial score (nSPS) is 21.8. The number of urea groups is 1. The molecular weight excluding hydrogens is 362 g/mol. The number of hydrogen-bond acceptors (Lipinski definition) is 5. The number of rotatable bonds is 6. The van der Waals surface area contributed by atoms with Crippen LogP contribution in [0.15, 0.2) is 17.5 Å². The zero-order valence-electron chi connectivity index (χ0n) is 16.2. The molecular formula is C20H31N3O3S. The van der Waals surface area contributed by atoms with Gasteiger partial charge in [-0.05, 0) is 56.5 Å². The van der Waals surface area contributed by atoms with E-state index in [1.54, 1.807) is 0 Å². The van der Waals surface area contributed by atoms with Crippen LogP contribution in [-0.4, -0.2) is 61.1 Å². The predicted molar refractivity (Wildman–Crippen MR) is 107 cm³/mol. The van der Waals surface area contributed by atoms with E-state index in [0.717, 1.165) is 26.2 Å². The van der Waals surface area contributed by atoms with Crippen LogP contribution in [0.1, 0.15) is 37.5 Å². The summed E-state index contributed by atoms with van der Waals surface area (Å²) in [7, 11) is 0. The second kappa shape index (κ2) is 10.1. The van der Waals surface area contributed by atoms with Crippen molar-refractivity contribution in [1.82, 2.24) is 15.1 Å². The number of carbonyl (C=O) groups is 2. The van der Waals surface area contributed by atoms with Gasteiger partial charge in [-0.1, -0.05) is 6.07 Å². The molecule has 1 N–H and O–H groups in total. The molecule has 2 aliphatic heterocycles. The average molecular weight is 394 g/mol. The molecule has 2 fully saturated rings. The highest BCUT2D eigenvalue weighted by Gasteiger charge is 2.28. The molecule has 0 spiro atoms. The quantitative estimate of drug-likeness (QED) is 0.755. The van der Waals surface area contributed by atoms with Crippen LogP contribution in [0.3, 0.4) is 0 Å². The number of likely N-dealkylation sites (tertiary alicyclic amines) is 2. The van der Waals surface area contributed by atoms with Crippen molar-refractivity contribution in [2.45, 2.75) is 39.2 Å². The first kappa shape index (κ1) is 20.1. The van der Waals surface area contributed by atoms with Gasteiger partial charge >= 0.3 is 12.0 Å². The van der Waals surface area contributed by atoms with Crippen molar-refractivity contribution in [3.63, 3.8) is 0 Å². The molecule has 2 amide bonds. The third-order valence-corrected chi connectivity index (χ3v) is 6.37. The van der Waals surface area contributed by atoms with Gasteiger partial charge in [-0.25, -0.2) is 4.79 Å². The third kappa shape index (κ3) is 5.94. The van der Waals surface area contributed by atoms with Gasteiger partial charge in [0.05, 0.1) is 12.5 Å². The van der Waals surface area contributed by atoms with Gasteiger partial charge in [0, 0.05) is 37.6 Å². The number of ether oxygens (including phenoxy) is 1. The summed E-state index contributed by atoms with van der Waals surface area (Å²) >= 11 is 1.81. The number of hydrogen-bond donors (Lipinski definition) is 1. The van der Waals surface area contributed by atoms with E-state index < -0.39 is 0 Å². The third-order valence-electron chi connectivity index (χ3n) is 5.51. The van der Waals surface area contributed by atoms with E-state index in [9.17, 15) is 9.59 Å². The number of amides is 2. The summed E-state index contributed by atoms with van der Waals surface area (Å²) < 4.78 is 5.09. The van der Waals surface area contributed by atoms with Crippen LogP contribution in [0.25, 0.3) is 0 Å². The number of esters is 1. The fourth-order valence-corrected chi connectivity index (χ4v) is 4.75. The zero-order valence-corrected chi connectivity index (χ0v) is 17.0. The molecule has 3 rings (SSSR count). The maximum atomic E-state index is 12.5. The highest BCUT2D eigenvalue weighted by atomic mass is 32.1. The monoisotopic (exact) mass is 393 g/mol. The van der Waals surface area contributed by atoms with Gasteiger partial charge in [-0.3, -0.25) is 9.69 Å². The van der Waals surface area contributed by atoms with Gasteiger partial charge in [-0.2, -0.15) is 0 Å². The summed E-state index contributed by atoms with van der Waals surface area (Å²) in [6, 6.07) is 4.30. The second-order valence-corrected chi connectivity index (χ2v) is 8.55. The molecule has 0 bridgehead atoms. The molecule has 1 aromatic heterocycles. The lowest BCUT2D eigenvalue weighted by Gasteiger charge is -2.34. The molecule has 0 saturated carbocycles. The molecule has 3 heterocycles. The van der Waals surface area contributed by atoms with Crippen LogP contribution < -0.4 is 5.32 Å². The molecule has 0 radical (unpaired) electrons. The number of thiophene rings is 1. The van der Waals surface area contributed by atoms with Crippen molar-refractivity contribution in [3.05, 3.63) is 22.4 Å². The van der Waals surface area contributed by atoms with Gasteiger partial charge < -0.3 is 15.0 Å². The first-order chi connectivity index (χ1) is 13.2. The topological polar surface area (TPSA) is 61.9 Å². The van der Waals surface area contributed by atoms with Crippen LogP contribution in [0.2, 0.25) is 0 Å². The predicted octanol–water partition coefficient (Wildman–Crippen LogP) is 2.94. The second-order valence-electron chi connectivity index (χ2n) is 7.52. The summed E-state index contributed by atoms with van der Waals surface area (Å²) in [5.74, 6) is 0.337. The number of nitrogens with one attached hydrogen (secondary N) is 1. The van der Waals surface area contributed by atoms with Crippen molar-refractivity contribution in [1.29, 1.82) is 0 Å². The standard InChI is InChI=1S/C20H31N3O3S/c1-2-26-19(24)17-7-10-23(11-8-17)20(25)21-13-16-5-3-9-22(14-16)15-18-6-4-12-27-18/h4,6,12,16-17H,2-3,5,7-11,13-15H2,1H3,(H,21,25). The van der Waals surface area contributed by atoms with E-state index in [4.69, 9.17) is 4.74 Å². The first-order valence-corrected chi connectivity index (χ1v) is 11.0. The minimum atomic E-state index is -0.120. The Bertz CT molecular complexity index is 600. The summed E-state index contributed by atoms with van der Waals surface area (Å²) in [5.41, 5.74) is 0. The lowest BCUT2D eigenvalue weighted by Crippen LogP contribution is -2.48. The summed E-state index contributed by atoms with van der Waals surface area (Å²) in [5, 5.41) is 5.24. The average Bonchev–Trinajstić information content (AvgIpc) is 3.20. The number of carbonyl (C=O) groups excluding carboxylic acids is 2. The Kier molecular flexibility index (Phi) is 7.52. The molecule has 7 heteroatoms. The largest absolute Gasteiger partial charge is 0.466 e. The zero-order chi connectivity index (χ0) is 19.1. The minimum absolute atomic E-state index is 0.00712. The molecule has 0 aromatic carbocycles. The van der Waals surface area contributed by atoms with Crippen LogP contribution >= 0.6 is 11.3 Å². The van der Waals surface area contributed by atoms with Crippen molar-refractivity contribution in [3.8, 4) is 0 Å². The van der Waals surface area contributed by atoms with Gasteiger partial charge in [0.1, 0.15) is 0 Å². The van der Waals surface area contributed by atoms with Gasteiger partial charge in [0.15, 0.2) is 0 Å². The highest BCUT2D eigenvalue weighted by molar-refractivity contribution is 7.09. The molecule has 150 valence electrons. The van der Waals surface area contributed by atoms with Crippen molar-refractivity contribution in [2.24, 2.45) is 11.8 Å². The van der Waals surface area contributed by atoms with E-state index in [1.165, 1.54) is 17.7 Å². The molecule has 1 atom stereocenters. The molecule has 1 unspecified atom stereocenters. The van der Waals surface area contributed by atoms with E-state index in [-0.39, 0.29) is 17.9 Å². The maximum absolute atomic E-state index is 12.5. The first-order valence-electron chi connectivity index (χ1n) is 10.1. The van der Waals surface area contributed by atoms with Crippen molar-refractivity contribution >= 4 is 23.3 Å². The Morgan fingerprint density at radius 3 is 2.78 bits per heavy atom. The summed E-state index contributed by atoms with van der Waals surface area (Å²) in [6.45, 7) is 7.45. The van der Waals surface area contributed by atoms with Gasteiger partial charge in [-0.15, -0.1) is 11.3 Å². The van der Waals surface area contributed by atoms with E-state index >= 15 is 0 Å². The number of piperidine rings is 2. The molecule has 1 aromatic rings. The molecule has 27 heavy (non-hydrogen) atoms. The summed E-state index contributed by atoms with van der Waals surface area (Å²) in [6.07, 6.45) is 3.76. The SMILES string of the molecule is CCOC(=O)C1CCN(C(=O)NCC2CCCN(Cc3cccs3)C2)CC1. The Labute approximate surface area is 165 Å². The van der Waals surface area contributed by atoms with Crippen LogP contribution in [0.4, 0.5) is 4.79 Å². The van der Waals surface area contributed by atoms with Gasteiger partial charge in [0.2, 0.25) is 0 Å². The van der Waals surface area contributed by atoms with E-state index in [1.807, 2.05) is 23.2 Å². The Balaban J connectivity index is 1.37. The maximum Gasteiger partial charge on any atom is 0.317 e. The van der Waals surface area contributed by atoms with E-state index in [2.05, 4.69) is 27.7 Å². The van der Waals surface area contributed by atoms with Crippen LogP contribution in [0.5, 0.6) is 0 Å². The minimum Gasteiger partial charge on any atom is -0.466 e. The highest BCUT2D eigenvalue weighted by Crippen LogP contribution is 2.21.